The van der Waals surface area contributed by atoms with Crippen LogP contribution >= 0.6 is 0 Å². The van der Waals surface area contributed by atoms with Crippen LogP contribution in [0.1, 0.15) is 17.7 Å². The monoisotopic (exact) mass is 190 g/mol. The van der Waals surface area contributed by atoms with E-state index in [0.717, 1.165) is 6.07 Å². The second-order valence-corrected chi connectivity index (χ2v) is 2.42. The molecule has 0 aromatic carbocycles. The predicted molar refractivity (Wildman–Crippen MR) is 41.6 cm³/mol. The predicted octanol–water partition coefficient (Wildman–Crippen LogP) is 0.477. The highest BCUT2D eigenvalue weighted by Gasteiger charge is 2.14. The summed E-state index contributed by atoms with van der Waals surface area (Å²) in [7, 11) is 0. The molecule has 1 heterocycles. The van der Waals surface area contributed by atoms with Gasteiger partial charge >= 0.3 is 0 Å². The molecule has 0 saturated carbocycles. The van der Waals surface area contributed by atoms with Gasteiger partial charge in [0.1, 0.15) is 5.75 Å². The number of pyridine rings is 1. The maximum Gasteiger partial charge on any atom is 0.269 e. The SMILES string of the molecule is NCc1[nH]c(=O)c(C(F)F)cc1O. The van der Waals surface area contributed by atoms with Gasteiger partial charge in [0.25, 0.3) is 12.0 Å². The van der Waals surface area contributed by atoms with Gasteiger partial charge in [0.15, 0.2) is 0 Å². The van der Waals surface area contributed by atoms with Gasteiger partial charge in [0, 0.05) is 6.54 Å². The molecule has 72 valence electrons. The minimum atomic E-state index is -2.90. The number of nitrogens with one attached hydrogen (secondary N) is 1. The molecule has 0 bridgehead atoms. The molecule has 1 aromatic heterocycles. The first-order valence-corrected chi connectivity index (χ1v) is 3.49. The van der Waals surface area contributed by atoms with Gasteiger partial charge in [-0.2, -0.15) is 0 Å². The largest absolute Gasteiger partial charge is 0.506 e. The Bertz CT molecular complexity index is 362. The zero-order valence-electron chi connectivity index (χ0n) is 6.55. The van der Waals surface area contributed by atoms with Gasteiger partial charge in [-0.05, 0) is 6.07 Å². The number of H-pyrrole nitrogens is 1. The first-order valence-electron chi connectivity index (χ1n) is 3.49. The normalized spacial score (nSPS) is 10.8. The molecule has 0 aliphatic heterocycles. The second kappa shape index (κ2) is 3.53. The van der Waals surface area contributed by atoms with Crippen molar-refractivity contribution >= 4 is 0 Å². The molecule has 1 rings (SSSR count). The molecule has 0 unspecified atom stereocenters. The fraction of sp³-hybridized carbons (Fsp3) is 0.286. The third-order valence-electron chi connectivity index (χ3n) is 1.57. The molecule has 0 radical (unpaired) electrons. The van der Waals surface area contributed by atoms with Crippen LogP contribution in [0.3, 0.4) is 0 Å². The van der Waals surface area contributed by atoms with E-state index in [-0.39, 0.29) is 12.2 Å². The average Bonchev–Trinajstić information content (AvgIpc) is 2.07. The van der Waals surface area contributed by atoms with Gasteiger partial charge in [0.2, 0.25) is 0 Å². The number of rotatable bonds is 2. The smallest absolute Gasteiger partial charge is 0.269 e. The molecule has 0 fully saturated rings. The Labute approximate surface area is 72.0 Å². The fourth-order valence-electron chi connectivity index (χ4n) is 0.891. The van der Waals surface area contributed by atoms with Crippen molar-refractivity contribution in [3.63, 3.8) is 0 Å². The maximum atomic E-state index is 12.1. The van der Waals surface area contributed by atoms with E-state index < -0.39 is 23.3 Å². The van der Waals surface area contributed by atoms with Crippen molar-refractivity contribution in [1.29, 1.82) is 0 Å². The van der Waals surface area contributed by atoms with Crippen LogP contribution in [0.5, 0.6) is 5.75 Å². The fourth-order valence-corrected chi connectivity index (χ4v) is 0.891. The number of halogens is 2. The van der Waals surface area contributed by atoms with Gasteiger partial charge < -0.3 is 15.8 Å². The molecule has 13 heavy (non-hydrogen) atoms. The van der Waals surface area contributed by atoms with E-state index in [1.165, 1.54) is 0 Å². The van der Waals surface area contributed by atoms with E-state index >= 15 is 0 Å². The topological polar surface area (TPSA) is 79.1 Å². The number of aromatic amines is 1. The number of nitrogens with two attached hydrogens (primary N) is 1. The number of hydrogen-bond acceptors (Lipinski definition) is 3. The van der Waals surface area contributed by atoms with Crippen LogP contribution in [0.2, 0.25) is 0 Å². The van der Waals surface area contributed by atoms with Crippen LogP contribution in [0.15, 0.2) is 10.9 Å². The van der Waals surface area contributed by atoms with Crippen LogP contribution in [-0.2, 0) is 6.54 Å². The Morgan fingerprint density at radius 3 is 2.69 bits per heavy atom. The van der Waals surface area contributed by atoms with Crippen molar-refractivity contribution in [2.75, 3.05) is 0 Å². The van der Waals surface area contributed by atoms with Crippen molar-refractivity contribution in [3.05, 3.63) is 27.7 Å². The summed E-state index contributed by atoms with van der Waals surface area (Å²) in [5.74, 6) is -0.419. The Morgan fingerprint density at radius 1 is 1.62 bits per heavy atom. The molecule has 0 aliphatic carbocycles. The van der Waals surface area contributed by atoms with Crippen LogP contribution in [0, 0.1) is 0 Å². The van der Waals surface area contributed by atoms with Gasteiger partial charge in [-0.15, -0.1) is 0 Å². The van der Waals surface area contributed by atoms with E-state index in [0.29, 0.717) is 0 Å². The highest BCUT2D eigenvalue weighted by Crippen LogP contribution is 2.20. The van der Waals surface area contributed by atoms with E-state index in [1.54, 1.807) is 0 Å². The molecular weight excluding hydrogens is 182 g/mol. The third-order valence-corrected chi connectivity index (χ3v) is 1.57. The van der Waals surface area contributed by atoms with Crippen molar-refractivity contribution in [1.82, 2.24) is 4.98 Å². The average molecular weight is 190 g/mol. The summed E-state index contributed by atoms with van der Waals surface area (Å²) < 4.78 is 24.2. The van der Waals surface area contributed by atoms with E-state index in [2.05, 4.69) is 4.98 Å². The zero-order chi connectivity index (χ0) is 10.0. The highest BCUT2D eigenvalue weighted by molar-refractivity contribution is 5.30. The third kappa shape index (κ3) is 1.83. The molecule has 4 nitrogen and oxygen atoms in total. The molecule has 4 N–H and O–H groups in total. The molecule has 1 aromatic rings. The summed E-state index contributed by atoms with van der Waals surface area (Å²) in [6.45, 7) is -0.107. The molecule has 0 atom stereocenters. The minimum absolute atomic E-state index is 0.0504. The molecule has 0 spiro atoms. The Kier molecular flexibility index (Phi) is 2.62. The summed E-state index contributed by atoms with van der Waals surface area (Å²) in [5.41, 5.74) is 3.50. The summed E-state index contributed by atoms with van der Waals surface area (Å²) in [5, 5.41) is 9.08. The molecular formula is C7H8F2N2O2. The van der Waals surface area contributed by atoms with Crippen molar-refractivity contribution in [3.8, 4) is 5.75 Å². The number of aromatic nitrogens is 1. The molecule has 0 saturated heterocycles. The van der Waals surface area contributed by atoms with E-state index in [1.807, 2.05) is 0 Å². The molecule has 0 amide bonds. The zero-order valence-corrected chi connectivity index (χ0v) is 6.55. The van der Waals surface area contributed by atoms with Crippen LogP contribution in [0.4, 0.5) is 8.78 Å². The standard InChI is InChI=1S/C7H8F2N2O2/c8-6(9)3-1-5(12)4(2-10)11-7(3)13/h1,6,12H,2,10H2,(H,11,13). The van der Waals surface area contributed by atoms with E-state index in [4.69, 9.17) is 10.8 Å². The number of alkyl halides is 2. The highest BCUT2D eigenvalue weighted by atomic mass is 19.3. The Hall–Kier alpha value is -1.43. The van der Waals surface area contributed by atoms with Crippen LogP contribution < -0.4 is 11.3 Å². The van der Waals surface area contributed by atoms with Crippen molar-refractivity contribution in [2.24, 2.45) is 5.73 Å². The second-order valence-electron chi connectivity index (χ2n) is 2.42. The van der Waals surface area contributed by atoms with Gasteiger partial charge in [-0.1, -0.05) is 0 Å². The molecule has 0 aliphatic rings. The van der Waals surface area contributed by atoms with Crippen LogP contribution in [-0.4, -0.2) is 10.1 Å². The van der Waals surface area contributed by atoms with Crippen molar-refractivity contribution in [2.45, 2.75) is 13.0 Å². The molecule has 6 heteroatoms. The Morgan fingerprint density at radius 2 is 2.23 bits per heavy atom. The lowest BCUT2D eigenvalue weighted by atomic mass is 10.2. The first kappa shape index (κ1) is 9.66. The summed E-state index contributed by atoms with van der Waals surface area (Å²) in [6.07, 6.45) is -2.90. The number of aromatic hydroxyl groups is 1. The lowest BCUT2D eigenvalue weighted by molar-refractivity contribution is 0.149. The Balaban J connectivity index is 3.29. The first-order chi connectivity index (χ1) is 6.06. The van der Waals surface area contributed by atoms with Gasteiger partial charge in [-0.3, -0.25) is 4.79 Å². The lowest BCUT2D eigenvalue weighted by Crippen LogP contribution is -2.16. The van der Waals surface area contributed by atoms with Gasteiger partial charge in [-0.25, -0.2) is 8.78 Å². The van der Waals surface area contributed by atoms with Crippen molar-refractivity contribution < 1.29 is 13.9 Å². The maximum absolute atomic E-state index is 12.1. The van der Waals surface area contributed by atoms with E-state index in [9.17, 15) is 13.6 Å². The summed E-state index contributed by atoms with van der Waals surface area (Å²) >= 11 is 0. The number of hydrogen-bond donors (Lipinski definition) is 3. The quantitative estimate of drug-likeness (QED) is 0.634. The van der Waals surface area contributed by atoms with Crippen LogP contribution in [0.25, 0.3) is 0 Å². The minimum Gasteiger partial charge on any atom is -0.506 e. The lowest BCUT2D eigenvalue weighted by Gasteiger charge is -2.03. The summed E-state index contributed by atoms with van der Waals surface area (Å²) in [6, 6.07) is 0.728. The summed E-state index contributed by atoms with van der Waals surface area (Å²) in [4.78, 5) is 13.0. The van der Waals surface area contributed by atoms with Gasteiger partial charge in [0.05, 0.1) is 11.3 Å².